The van der Waals surface area contributed by atoms with Crippen molar-refractivity contribution < 1.29 is 4.79 Å². The number of anilines is 2. The van der Waals surface area contributed by atoms with E-state index in [9.17, 15) is 4.79 Å². The zero-order chi connectivity index (χ0) is 20.7. The summed E-state index contributed by atoms with van der Waals surface area (Å²) in [6.45, 7) is 6.81. The first-order valence-electron chi connectivity index (χ1n) is 10.5. The maximum Gasteiger partial charge on any atom is 0.277 e. The van der Waals surface area contributed by atoms with E-state index in [0.29, 0.717) is 11.9 Å². The standard InChI is InChI=1S/C21H26N8O/c1-13-10-29-12-18(26-14(2)20(29)25-13)27-21(30)17-8-24-19(9-23-17)28-6-5-16(11-28)22-7-15-3-4-15/h8-10,12,15-16,22H,3-7,11H2,1-2H3,(H,27,30)/t16-/m0/s1. The van der Waals surface area contributed by atoms with Crippen LogP contribution >= 0.6 is 0 Å². The number of aryl methyl sites for hydroxylation is 2. The second-order valence-electron chi connectivity index (χ2n) is 8.32. The molecule has 0 unspecified atom stereocenters. The number of nitrogens with zero attached hydrogens (tertiary/aromatic N) is 6. The minimum Gasteiger partial charge on any atom is -0.354 e. The predicted octanol–water partition coefficient (Wildman–Crippen LogP) is 1.97. The van der Waals surface area contributed by atoms with Gasteiger partial charge in [0.1, 0.15) is 17.3 Å². The number of nitrogens with one attached hydrogen (secondary N) is 2. The van der Waals surface area contributed by atoms with Gasteiger partial charge in [0, 0.05) is 25.3 Å². The number of carbonyl (C=O) groups is 1. The molecule has 2 N–H and O–H groups in total. The summed E-state index contributed by atoms with van der Waals surface area (Å²) in [4.78, 5) is 32.5. The molecule has 1 saturated heterocycles. The van der Waals surface area contributed by atoms with Crippen LogP contribution in [0.1, 0.15) is 41.1 Å². The van der Waals surface area contributed by atoms with E-state index < -0.39 is 0 Å². The highest BCUT2D eigenvalue weighted by molar-refractivity contribution is 6.02. The highest BCUT2D eigenvalue weighted by atomic mass is 16.2. The third-order valence-corrected chi connectivity index (χ3v) is 5.74. The van der Waals surface area contributed by atoms with Crippen LogP contribution in [0.5, 0.6) is 0 Å². The van der Waals surface area contributed by atoms with Gasteiger partial charge < -0.3 is 19.9 Å². The Morgan fingerprint density at radius 3 is 2.77 bits per heavy atom. The van der Waals surface area contributed by atoms with Gasteiger partial charge in [-0.15, -0.1) is 0 Å². The maximum absolute atomic E-state index is 12.6. The Bertz CT molecular complexity index is 1070. The minimum absolute atomic E-state index is 0.266. The lowest BCUT2D eigenvalue weighted by atomic mass is 10.2. The van der Waals surface area contributed by atoms with Crippen molar-refractivity contribution in [1.82, 2.24) is 29.7 Å². The van der Waals surface area contributed by atoms with Crippen molar-refractivity contribution in [3.8, 4) is 0 Å². The first-order valence-corrected chi connectivity index (χ1v) is 10.5. The number of imidazole rings is 1. The van der Waals surface area contributed by atoms with Gasteiger partial charge in [-0.2, -0.15) is 0 Å². The van der Waals surface area contributed by atoms with Gasteiger partial charge in [-0.3, -0.25) is 4.79 Å². The zero-order valence-corrected chi connectivity index (χ0v) is 17.3. The monoisotopic (exact) mass is 406 g/mol. The van der Waals surface area contributed by atoms with Crippen molar-refractivity contribution in [3.05, 3.63) is 41.9 Å². The molecule has 3 aromatic heterocycles. The van der Waals surface area contributed by atoms with Gasteiger partial charge in [0.05, 0.1) is 30.0 Å². The van der Waals surface area contributed by atoms with Crippen LogP contribution in [0.2, 0.25) is 0 Å². The van der Waals surface area contributed by atoms with Crippen LogP contribution < -0.4 is 15.5 Å². The van der Waals surface area contributed by atoms with E-state index in [1.807, 2.05) is 24.4 Å². The van der Waals surface area contributed by atoms with E-state index in [1.165, 1.54) is 19.0 Å². The van der Waals surface area contributed by atoms with Crippen LogP contribution in [-0.2, 0) is 0 Å². The van der Waals surface area contributed by atoms with Crippen LogP contribution in [0.4, 0.5) is 11.6 Å². The summed E-state index contributed by atoms with van der Waals surface area (Å²) in [7, 11) is 0. The molecule has 1 aliphatic heterocycles. The average molecular weight is 406 g/mol. The summed E-state index contributed by atoms with van der Waals surface area (Å²) in [6.07, 6.45) is 10.7. The molecule has 1 saturated carbocycles. The number of aromatic nitrogens is 5. The average Bonchev–Trinajstić information content (AvgIpc) is 3.30. The largest absolute Gasteiger partial charge is 0.354 e. The first-order chi connectivity index (χ1) is 14.5. The molecule has 5 rings (SSSR count). The van der Waals surface area contributed by atoms with Gasteiger partial charge in [-0.05, 0) is 45.6 Å². The van der Waals surface area contributed by atoms with Gasteiger partial charge in [0.2, 0.25) is 0 Å². The molecule has 3 aromatic rings. The highest BCUT2D eigenvalue weighted by Crippen LogP contribution is 2.28. The fourth-order valence-electron chi connectivity index (χ4n) is 3.91. The molecular formula is C21H26N8O. The quantitative estimate of drug-likeness (QED) is 0.645. The second-order valence-corrected chi connectivity index (χ2v) is 8.32. The van der Waals surface area contributed by atoms with Crippen LogP contribution in [0, 0.1) is 19.8 Å². The lowest BCUT2D eigenvalue weighted by molar-refractivity contribution is 0.102. The van der Waals surface area contributed by atoms with Crippen LogP contribution in [0.3, 0.4) is 0 Å². The molecule has 156 valence electrons. The second kappa shape index (κ2) is 7.64. The molecule has 0 spiro atoms. The van der Waals surface area contributed by atoms with Crippen LogP contribution in [0.25, 0.3) is 5.65 Å². The fourth-order valence-corrected chi connectivity index (χ4v) is 3.91. The van der Waals surface area contributed by atoms with Gasteiger partial charge in [-0.1, -0.05) is 0 Å². The molecule has 9 heteroatoms. The highest BCUT2D eigenvalue weighted by Gasteiger charge is 2.27. The molecule has 30 heavy (non-hydrogen) atoms. The number of rotatable bonds is 6. The third-order valence-electron chi connectivity index (χ3n) is 5.74. The van der Waals surface area contributed by atoms with E-state index in [1.54, 1.807) is 12.4 Å². The molecule has 0 radical (unpaired) electrons. The van der Waals surface area contributed by atoms with Gasteiger partial charge in [-0.25, -0.2) is 19.9 Å². The Morgan fingerprint density at radius 2 is 2.00 bits per heavy atom. The molecule has 1 aliphatic carbocycles. The molecule has 4 heterocycles. The fraction of sp³-hybridized carbons (Fsp3) is 0.476. The number of fused-ring (bicyclic) bond motifs is 1. The predicted molar refractivity (Wildman–Crippen MR) is 114 cm³/mol. The molecule has 1 amide bonds. The number of amides is 1. The Morgan fingerprint density at radius 1 is 1.13 bits per heavy atom. The Kier molecular flexibility index (Phi) is 4.82. The smallest absolute Gasteiger partial charge is 0.277 e. The summed E-state index contributed by atoms with van der Waals surface area (Å²) < 4.78 is 1.86. The van der Waals surface area contributed by atoms with Gasteiger partial charge >= 0.3 is 0 Å². The van der Waals surface area contributed by atoms with E-state index >= 15 is 0 Å². The van der Waals surface area contributed by atoms with Crippen LogP contribution in [-0.4, -0.2) is 55.9 Å². The van der Waals surface area contributed by atoms with Gasteiger partial charge in [0.15, 0.2) is 5.65 Å². The van der Waals surface area contributed by atoms with Crippen molar-refractivity contribution in [3.63, 3.8) is 0 Å². The minimum atomic E-state index is -0.331. The summed E-state index contributed by atoms with van der Waals surface area (Å²) in [5.74, 6) is 1.82. The maximum atomic E-state index is 12.6. The normalized spacial score (nSPS) is 18.9. The molecule has 9 nitrogen and oxygen atoms in total. The van der Waals surface area contributed by atoms with E-state index in [0.717, 1.165) is 54.8 Å². The molecule has 2 aliphatic rings. The number of hydrogen-bond donors (Lipinski definition) is 2. The third kappa shape index (κ3) is 3.97. The van der Waals surface area contributed by atoms with Crippen molar-refractivity contribution in [2.45, 2.75) is 39.2 Å². The van der Waals surface area contributed by atoms with Crippen molar-refractivity contribution in [2.24, 2.45) is 5.92 Å². The number of hydrogen-bond acceptors (Lipinski definition) is 7. The van der Waals surface area contributed by atoms with E-state index in [2.05, 4.69) is 35.5 Å². The zero-order valence-electron chi connectivity index (χ0n) is 17.3. The molecule has 2 fully saturated rings. The van der Waals surface area contributed by atoms with Gasteiger partial charge in [0.25, 0.3) is 5.91 Å². The van der Waals surface area contributed by atoms with Crippen molar-refractivity contribution >= 4 is 23.2 Å². The van der Waals surface area contributed by atoms with Crippen molar-refractivity contribution in [2.75, 3.05) is 29.9 Å². The lowest BCUT2D eigenvalue weighted by Crippen LogP contribution is -2.34. The van der Waals surface area contributed by atoms with E-state index in [-0.39, 0.29) is 11.6 Å². The Balaban J connectivity index is 1.22. The van der Waals surface area contributed by atoms with Crippen molar-refractivity contribution in [1.29, 1.82) is 0 Å². The van der Waals surface area contributed by atoms with Crippen LogP contribution in [0.15, 0.2) is 24.8 Å². The molecule has 0 bridgehead atoms. The first kappa shape index (κ1) is 18.9. The Hall–Kier alpha value is -3.07. The molecular weight excluding hydrogens is 380 g/mol. The Labute approximate surface area is 175 Å². The topological polar surface area (TPSA) is 100 Å². The summed E-state index contributed by atoms with van der Waals surface area (Å²) in [5.41, 5.74) is 2.70. The van der Waals surface area contributed by atoms with E-state index in [4.69, 9.17) is 0 Å². The summed E-state index contributed by atoms with van der Waals surface area (Å²) in [6, 6.07) is 0.506. The lowest BCUT2D eigenvalue weighted by Gasteiger charge is -2.17. The summed E-state index contributed by atoms with van der Waals surface area (Å²) in [5, 5.41) is 6.46. The SMILES string of the molecule is Cc1cn2cc(NC(=O)c3cnc(N4CC[C@H](NCC5CC5)C4)cn3)nc(C)c2n1. The molecule has 0 aromatic carbocycles. The molecule has 1 atom stereocenters. The summed E-state index contributed by atoms with van der Waals surface area (Å²) >= 11 is 0. The number of carbonyl (C=O) groups excluding carboxylic acids is 1.